The minimum Gasteiger partial charge on any atom is -0.308 e. The van der Waals surface area contributed by atoms with Crippen LogP contribution in [0.3, 0.4) is 0 Å². The standard InChI is InChI=1S/C22H18N8O/c31-22(26-18-13-24-29(15-18)14-16-4-3-11-23-12-16)25-17-7-9-19(10-8-17)30-21-6-2-1-5-20(21)27-28-30/h1-13,15H,14H2,(H2,25,26,31). The summed E-state index contributed by atoms with van der Waals surface area (Å²) in [6.45, 7) is 0.579. The Morgan fingerprint density at radius 1 is 0.903 bits per heavy atom. The second kappa shape index (κ2) is 8.07. The average molecular weight is 410 g/mol. The molecule has 152 valence electrons. The zero-order valence-electron chi connectivity index (χ0n) is 16.4. The first-order valence-corrected chi connectivity index (χ1v) is 9.65. The molecule has 0 unspecified atom stereocenters. The summed E-state index contributed by atoms with van der Waals surface area (Å²) in [4.78, 5) is 16.4. The molecule has 0 fully saturated rings. The van der Waals surface area contributed by atoms with E-state index in [0.29, 0.717) is 17.9 Å². The predicted octanol–water partition coefficient (Wildman–Crippen LogP) is 3.70. The van der Waals surface area contributed by atoms with Crippen molar-refractivity contribution < 1.29 is 4.79 Å². The SMILES string of the molecule is O=C(Nc1ccc(-n2nnc3ccccc32)cc1)Nc1cnn(Cc2cccnc2)c1. The van der Waals surface area contributed by atoms with E-state index in [1.165, 1.54) is 0 Å². The van der Waals surface area contributed by atoms with Crippen LogP contribution in [0.25, 0.3) is 16.7 Å². The van der Waals surface area contributed by atoms with Gasteiger partial charge in [0.15, 0.2) is 0 Å². The molecule has 3 heterocycles. The van der Waals surface area contributed by atoms with E-state index in [4.69, 9.17) is 0 Å². The number of carbonyl (C=O) groups excluding carboxylic acids is 1. The number of nitrogens with one attached hydrogen (secondary N) is 2. The third-order valence-corrected chi connectivity index (χ3v) is 4.68. The van der Waals surface area contributed by atoms with Crippen LogP contribution in [0.1, 0.15) is 5.56 Å². The Labute approximate surface area is 177 Å². The van der Waals surface area contributed by atoms with Gasteiger partial charge in [-0.15, -0.1) is 5.10 Å². The van der Waals surface area contributed by atoms with E-state index >= 15 is 0 Å². The van der Waals surface area contributed by atoms with Gasteiger partial charge in [0.1, 0.15) is 5.52 Å². The molecule has 2 N–H and O–H groups in total. The molecule has 3 aromatic heterocycles. The fourth-order valence-electron chi connectivity index (χ4n) is 3.23. The van der Waals surface area contributed by atoms with Gasteiger partial charge in [-0.25, -0.2) is 9.48 Å². The third kappa shape index (κ3) is 4.10. The number of urea groups is 1. The summed E-state index contributed by atoms with van der Waals surface area (Å²) in [6.07, 6.45) is 6.89. The quantitative estimate of drug-likeness (QED) is 0.460. The lowest BCUT2D eigenvalue weighted by molar-refractivity contribution is 0.262. The number of hydrogen-bond acceptors (Lipinski definition) is 5. The first kappa shape index (κ1) is 18.5. The number of benzene rings is 2. The maximum Gasteiger partial charge on any atom is 0.323 e. The molecule has 0 aliphatic rings. The van der Waals surface area contributed by atoms with Gasteiger partial charge < -0.3 is 10.6 Å². The van der Waals surface area contributed by atoms with Gasteiger partial charge in [-0.2, -0.15) is 5.10 Å². The van der Waals surface area contributed by atoms with Crippen LogP contribution in [0.2, 0.25) is 0 Å². The van der Waals surface area contributed by atoms with Gasteiger partial charge in [0.05, 0.1) is 29.6 Å². The van der Waals surface area contributed by atoms with Crippen molar-refractivity contribution in [2.24, 2.45) is 0 Å². The van der Waals surface area contributed by atoms with E-state index < -0.39 is 0 Å². The van der Waals surface area contributed by atoms with Gasteiger partial charge in [-0.05, 0) is 48.0 Å². The first-order chi connectivity index (χ1) is 15.2. The fourth-order valence-corrected chi connectivity index (χ4v) is 3.23. The van der Waals surface area contributed by atoms with E-state index in [1.807, 2.05) is 60.7 Å². The second-order valence-electron chi connectivity index (χ2n) is 6.90. The summed E-state index contributed by atoms with van der Waals surface area (Å²) in [6, 6.07) is 18.6. The molecule has 2 aromatic carbocycles. The average Bonchev–Trinajstić information content (AvgIpc) is 3.42. The summed E-state index contributed by atoms with van der Waals surface area (Å²) in [5.41, 5.74) is 4.90. The molecule has 0 saturated heterocycles. The number of para-hydroxylation sites is 1. The number of carbonyl (C=O) groups is 1. The number of rotatable bonds is 5. The van der Waals surface area contributed by atoms with E-state index in [1.54, 1.807) is 34.2 Å². The van der Waals surface area contributed by atoms with Crippen molar-refractivity contribution in [1.29, 1.82) is 0 Å². The number of amides is 2. The van der Waals surface area contributed by atoms with Gasteiger partial charge in [0, 0.05) is 24.3 Å². The van der Waals surface area contributed by atoms with E-state index in [9.17, 15) is 4.79 Å². The van der Waals surface area contributed by atoms with Crippen molar-refractivity contribution in [3.05, 3.63) is 91.0 Å². The molecular formula is C22H18N8O. The van der Waals surface area contributed by atoms with Crippen molar-refractivity contribution in [3.8, 4) is 5.69 Å². The summed E-state index contributed by atoms with van der Waals surface area (Å²) < 4.78 is 3.50. The Morgan fingerprint density at radius 3 is 2.58 bits per heavy atom. The Kier molecular flexibility index (Phi) is 4.82. The lowest BCUT2D eigenvalue weighted by Gasteiger charge is -2.07. The van der Waals surface area contributed by atoms with Gasteiger partial charge >= 0.3 is 6.03 Å². The number of hydrogen-bond donors (Lipinski definition) is 2. The molecule has 0 aliphatic carbocycles. The van der Waals surface area contributed by atoms with Crippen LogP contribution in [0.5, 0.6) is 0 Å². The van der Waals surface area contributed by atoms with Crippen molar-refractivity contribution >= 4 is 28.4 Å². The van der Waals surface area contributed by atoms with Gasteiger partial charge in [-0.3, -0.25) is 9.67 Å². The Balaban J connectivity index is 1.22. The lowest BCUT2D eigenvalue weighted by atomic mass is 10.2. The summed E-state index contributed by atoms with van der Waals surface area (Å²) in [7, 11) is 0. The van der Waals surface area contributed by atoms with Crippen LogP contribution >= 0.6 is 0 Å². The Hall–Kier alpha value is -4.53. The molecule has 31 heavy (non-hydrogen) atoms. The minimum atomic E-state index is -0.347. The van der Waals surface area contributed by atoms with Crippen LogP contribution in [-0.2, 0) is 6.54 Å². The molecule has 9 heteroatoms. The third-order valence-electron chi connectivity index (χ3n) is 4.68. The van der Waals surface area contributed by atoms with E-state index in [2.05, 4.69) is 31.0 Å². The maximum absolute atomic E-state index is 12.3. The number of nitrogens with zero attached hydrogens (tertiary/aromatic N) is 6. The second-order valence-corrected chi connectivity index (χ2v) is 6.90. The highest BCUT2D eigenvalue weighted by Crippen LogP contribution is 2.18. The smallest absolute Gasteiger partial charge is 0.308 e. The van der Waals surface area contributed by atoms with Crippen molar-refractivity contribution in [1.82, 2.24) is 29.8 Å². The zero-order valence-corrected chi connectivity index (χ0v) is 16.4. The number of aromatic nitrogens is 6. The van der Waals surface area contributed by atoms with Crippen molar-refractivity contribution in [2.45, 2.75) is 6.54 Å². The van der Waals surface area contributed by atoms with Crippen LogP contribution in [-0.4, -0.2) is 35.8 Å². The highest BCUT2D eigenvalue weighted by atomic mass is 16.2. The van der Waals surface area contributed by atoms with Crippen LogP contribution in [0.15, 0.2) is 85.5 Å². The van der Waals surface area contributed by atoms with Crippen molar-refractivity contribution in [2.75, 3.05) is 10.6 Å². The van der Waals surface area contributed by atoms with Crippen LogP contribution in [0.4, 0.5) is 16.2 Å². The molecular weight excluding hydrogens is 392 g/mol. The maximum atomic E-state index is 12.3. The highest BCUT2D eigenvalue weighted by molar-refractivity contribution is 5.99. The topological polar surface area (TPSA) is 103 Å². The summed E-state index contributed by atoms with van der Waals surface area (Å²) in [5.74, 6) is 0. The largest absolute Gasteiger partial charge is 0.323 e. The molecule has 0 aliphatic heterocycles. The van der Waals surface area contributed by atoms with E-state index in [0.717, 1.165) is 22.3 Å². The molecule has 0 atom stereocenters. The molecule has 0 saturated carbocycles. The van der Waals surface area contributed by atoms with E-state index in [-0.39, 0.29) is 6.03 Å². The fraction of sp³-hybridized carbons (Fsp3) is 0.0455. The molecule has 2 amide bonds. The van der Waals surface area contributed by atoms with Gasteiger partial charge in [-0.1, -0.05) is 23.4 Å². The van der Waals surface area contributed by atoms with Gasteiger partial charge in [0.2, 0.25) is 0 Å². The Bertz CT molecular complexity index is 1320. The Morgan fingerprint density at radius 2 is 1.74 bits per heavy atom. The van der Waals surface area contributed by atoms with Crippen molar-refractivity contribution in [3.63, 3.8) is 0 Å². The molecule has 5 aromatic rings. The lowest BCUT2D eigenvalue weighted by Crippen LogP contribution is -2.19. The molecule has 5 rings (SSSR count). The number of anilines is 2. The normalized spacial score (nSPS) is 10.8. The molecule has 0 bridgehead atoms. The predicted molar refractivity (Wildman–Crippen MR) is 117 cm³/mol. The van der Waals surface area contributed by atoms with Gasteiger partial charge in [0.25, 0.3) is 0 Å². The summed E-state index contributed by atoms with van der Waals surface area (Å²) in [5, 5.41) is 18.2. The summed E-state index contributed by atoms with van der Waals surface area (Å²) >= 11 is 0. The highest BCUT2D eigenvalue weighted by Gasteiger charge is 2.08. The molecule has 9 nitrogen and oxygen atoms in total. The van der Waals surface area contributed by atoms with Crippen LogP contribution < -0.4 is 10.6 Å². The zero-order chi connectivity index (χ0) is 21.0. The number of fused-ring (bicyclic) bond motifs is 1. The minimum absolute atomic E-state index is 0.347. The number of pyridine rings is 1. The van der Waals surface area contributed by atoms with Crippen LogP contribution in [0, 0.1) is 0 Å². The monoisotopic (exact) mass is 410 g/mol. The molecule has 0 spiro atoms. The first-order valence-electron chi connectivity index (χ1n) is 9.65. The molecule has 0 radical (unpaired) electrons.